The first-order valence-electron chi connectivity index (χ1n) is 5.60. The number of phenols is 1. The Morgan fingerprint density at radius 1 is 1.33 bits per heavy atom. The number of aromatic hydroxyl groups is 1. The van der Waals surface area contributed by atoms with Crippen molar-refractivity contribution in [2.75, 3.05) is 0 Å². The largest absolute Gasteiger partial charge is 0.508 e. The van der Waals surface area contributed by atoms with Gasteiger partial charge in [0.15, 0.2) is 0 Å². The van der Waals surface area contributed by atoms with Crippen LogP contribution >= 0.6 is 0 Å². The van der Waals surface area contributed by atoms with Gasteiger partial charge >= 0.3 is 5.97 Å². The topological polar surface area (TPSA) is 75.3 Å². The predicted molar refractivity (Wildman–Crippen MR) is 66.7 cm³/mol. The number of aromatic nitrogens is 2. The van der Waals surface area contributed by atoms with Gasteiger partial charge in [-0.15, -0.1) is 0 Å². The third-order valence-electron chi connectivity index (χ3n) is 2.62. The van der Waals surface area contributed by atoms with Crippen LogP contribution in [0.15, 0.2) is 30.5 Å². The minimum Gasteiger partial charge on any atom is -0.508 e. The molecule has 5 heteroatoms. The maximum absolute atomic E-state index is 11.0. The normalized spacial score (nSPS) is 10.8. The molecule has 0 saturated heterocycles. The first-order valence-corrected chi connectivity index (χ1v) is 5.60. The number of carboxylic acids is 1. The molecule has 0 aliphatic carbocycles. The first kappa shape index (κ1) is 12.2. The van der Waals surface area contributed by atoms with Crippen LogP contribution in [0, 0.1) is 0 Å². The van der Waals surface area contributed by atoms with Crippen molar-refractivity contribution < 1.29 is 15.0 Å². The second-order valence-electron chi connectivity index (χ2n) is 4.33. The van der Waals surface area contributed by atoms with E-state index in [9.17, 15) is 9.90 Å². The minimum atomic E-state index is -1.07. The van der Waals surface area contributed by atoms with E-state index in [-0.39, 0.29) is 17.4 Å². The van der Waals surface area contributed by atoms with Gasteiger partial charge in [-0.2, -0.15) is 5.10 Å². The third-order valence-corrected chi connectivity index (χ3v) is 2.62. The van der Waals surface area contributed by atoms with Crippen molar-refractivity contribution in [1.82, 2.24) is 9.78 Å². The highest BCUT2D eigenvalue weighted by molar-refractivity contribution is 5.90. The summed E-state index contributed by atoms with van der Waals surface area (Å²) in [6.07, 6.45) is 1.65. The summed E-state index contributed by atoms with van der Waals surface area (Å²) in [5.74, 6) is -1.14. The standard InChI is InChI=1S/C13H14N2O3/c1-8(2)15-12(3-4-14-15)9-5-10(13(17)18)7-11(16)6-9/h3-8,16H,1-2H3,(H,17,18). The van der Waals surface area contributed by atoms with Crippen LogP contribution < -0.4 is 0 Å². The number of phenolic OH excluding ortho intramolecular Hbond substituents is 1. The van der Waals surface area contributed by atoms with E-state index in [1.54, 1.807) is 16.9 Å². The molecule has 5 nitrogen and oxygen atoms in total. The Balaban J connectivity index is 2.57. The lowest BCUT2D eigenvalue weighted by molar-refractivity contribution is 0.0696. The van der Waals surface area contributed by atoms with E-state index in [1.807, 2.05) is 13.8 Å². The van der Waals surface area contributed by atoms with Crippen LogP contribution in [-0.4, -0.2) is 26.0 Å². The van der Waals surface area contributed by atoms with Crippen LogP contribution in [0.1, 0.15) is 30.2 Å². The van der Waals surface area contributed by atoms with Crippen molar-refractivity contribution in [3.8, 4) is 17.0 Å². The monoisotopic (exact) mass is 246 g/mol. The second kappa shape index (κ2) is 4.52. The van der Waals surface area contributed by atoms with Crippen molar-refractivity contribution in [2.24, 2.45) is 0 Å². The maximum Gasteiger partial charge on any atom is 0.335 e. The summed E-state index contributed by atoms with van der Waals surface area (Å²) in [7, 11) is 0. The van der Waals surface area contributed by atoms with Crippen LogP contribution in [0.5, 0.6) is 5.75 Å². The molecule has 0 amide bonds. The van der Waals surface area contributed by atoms with Gasteiger partial charge in [0.25, 0.3) is 0 Å². The number of carbonyl (C=O) groups is 1. The van der Waals surface area contributed by atoms with Gasteiger partial charge in [0.1, 0.15) is 5.75 Å². The number of hydrogen-bond donors (Lipinski definition) is 2. The van der Waals surface area contributed by atoms with Crippen LogP contribution in [0.25, 0.3) is 11.3 Å². The van der Waals surface area contributed by atoms with E-state index in [0.717, 1.165) is 5.69 Å². The molecule has 1 heterocycles. The number of aromatic carboxylic acids is 1. The van der Waals surface area contributed by atoms with E-state index in [2.05, 4.69) is 5.10 Å². The zero-order valence-corrected chi connectivity index (χ0v) is 10.2. The molecule has 0 aliphatic heterocycles. The number of rotatable bonds is 3. The summed E-state index contributed by atoms with van der Waals surface area (Å²) in [6.45, 7) is 3.97. The molecular weight excluding hydrogens is 232 g/mol. The molecule has 0 saturated carbocycles. The lowest BCUT2D eigenvalue weighted by atomic mass is 10.1. The van der Waals surface area contributed by atoms with Gasteiger partial charge in [0.05, 0.1) is 11.3 Å². The Labute approximate surface area is 104 Å². The van der Waals surface area contributed by atoms with Gasteiger partial charge in [-0.05, 0) is 38.1 Å². The Morgan fingerprint density at radius 2 is 2.06 bits per heavy atom. The SMILES string of the molecule is CC(C)n1nccc1-c1cc(O)cc(C(=O)O)c1. The average molecular weight is 246 g/mol. The van der Waals surface area contributed by atoms with Gasteiger partial charge in [0.2, 0.25) is 0 Å². The first-order chi connectivity index (χ1) is 8.49. The molecule has 2 rings (SSSR count). The summed E-state index contributed by atoms with van der Waals surface area (Å²) in [5, 5.41) is 22.7. The Bertz CT molecular complexity index is 588. The molecule has 2 N–H and O–H groups in total. The molecule has 0 bridgehead atoms. The van der Waals surface area contributed by atoms with Gasteiger partial charge < -0.3 is 10.2 Å². The summed E-state index contributed by atoms with van der Waals surface area (Å²) >= 11 is 0. The Hall–Kier alpha value is -2.30. The summed E-state index contributed by atoms with van der Waals surface area (Å²) in [6, 6.07) is 6.23. The predicted octanol–water partition coefficient (Wildman–Crippen LogP) is 2.53. The molecule has 0 spiro atoms. The van der Waals surface area contributed by atoms with E-state index in [1.165, 1.54) is 18.2 Å². The van der Waals surface area contributed by atoms with Gasteiger partial charge in [-0.25, -0.2) is 4.79 Å². The molecule has 0 fully saturated rings. The van der Waals surface area contributed by atoms with Gasteiger partial charge in [0, 0.05) is 17.8 Å². The maximum atomic E-state index is 11.0. The lowest BCUT2D eigenvalue weighted by Gasteiger charge is -2.11. The van der Waals surface area contributed by atoms with Crippen molar-refractivity contribution in [3.63, 3.8) is 0 Å². The highest BCUT2D eigenvalue weighted by atomic mass is 16.4. The fourth-order valence-electron chi connectivity index (χ4n) is 1.84. The molecule has 1 aromatic carbocycles. The number of hydrogen-bond acceptors (Lipinski definition) is 3. The summed E-state index contributed by atoms with van der Waals surface area (Å²) in [4.78, 5) is 11.0. The van der Waals surface area contributed by atoms with Gasteiger partial charge in [-0.3, -0.25) is 4.68 Å². The fourth-order valence-corrected chi connectivity index (χ4v) is 1.84. The van der Waals surface area contributed by atoms with Crippen molar-refractivity contribution in [3.05, 3.63) is 36.0 Å². The highest BCUT2D eigenvalue weighted by Crippen LogP contribution is 2.27. The smallest absolute Gasteiger partial charge is 0.335 e. The molecular formula is C13H14N2O3. The second-order valence-corrected chi connectivity index (χ2v) is 4.33. The minimum absolute atomic E-state index is 0.0570. The number of nitrogens with zero attached hydrogens (tertiary/aromatic N) is 2. The molecule has 0 atom stereocenters. The van der Waals surface area contributed by atoms with Gasteiger partial charge in [-0.1, -0.05) is 0 Å². The zero-order valence-electron chi connectivity index (χ0n) is 10.2. The number of benzene rings is 1. The van der Waals surface area contributed by atoms with Crippen LogP contribution in [-0.2, 0) is 0 Å². The molecule has 0 aliphatic rings. The van der Waals surface area contributed by atoms with Crippen molar-refractivity contribution in [1.29, 1.82) is 0 Å². The zero-order chi connectivity index (χ0) is 13.3. The molecule has 94 valence electrons. The molecule has 0 radical (unpaired) electrons. The quantitative estimate of drug-likeness (QED) is 0.872. The summed E-state index contributed by atoms with van der Waals surface area (Å²) in [5.41, 5.74) is 1.48. The van der Waals surface area contributed by atoms with Crippen LogP contribution in [0.2, 0.25) is 0 Å². The van der Waals surface area contributed by atoms with E-state index in [0.29, 0.717) is 5.56 Å². The van der Waals surface area contributed by atoms with E-state index in [4.69, 9.17) is 5.11 Å². The van der Waals surface area contributed by atoms with Crippen molar-refractivity contribution in [2.45, 2.75) is 19.9 Å². The third kappa shape index (κ3) is 2.20. The van der Waals surface area contributed by atoms with Crippen LogP contribution in [0.4, 0.5) is 0 Å². The Morgan fingerprint density at radius 3 is 2.67 bits per heavy atom. The Kier molecular flexibility index (Phi) is 3.06. The van der Waals surface area contributed by atoms with Crippen molar-refractivity contribution >= 4 is 5.97 Å². The summed E-state index contributed by atoms with van der Waals surface area (Å²) < 4.78 is 1.78. The number of carboxylic acid groups (broad SMARTS) is 1. The molecule has 1 aromatic heterocycles. The molecule has 2 aromatic rings. The highest BCUT2D eigenvalue weighted by Gasteiger charge is 2.12. The van der Waals surface area contributed by atoms with E-state index < -0.39 is 5.97 Å². The van der Waals surface area contributed by atoms with E-state index >= 15 is 0 Å². The van der Waals surface area contributed by atoms with Crippen LogP contribution in [0.3, 0.4) is 0 Å². The fraction of sp³-hybridized carbons (Fsp3) is 0.231. The molecule has 18 heavy (non-hydrogen) atoms. The molecule has 0 unspecified atom stereocenters. The average Bonchev–Trinajstić information content (AvgIpc) is 2.76. The lowest BCUT2D eigenvalue weighted by Crippen LogP contribution is -2.05.